The minimum Gasteiger partial charge on any atom is -0.326 e. The minimum atomic E-state index is -3.36. The van der Waals surface area contributed by atoms with Gasteiger partial charge in [0.2, 0.25) is 10.0 Å². The lowest BCUT2D eigenvalue weighted by atomic mass is 10.2. The molecule has 0 aliphatic carbocycles. The van der Waals surface area contributed by atoms with E-state index in [0.29, 0.717) is 11.4 Å². The molecule has 1 atom stereocenters. The molecule has 0 spiro atoms. The Balaban J connectivity index is 2.94. The van der Waals surface area contributed by atoms with Crippen molar-refractivity contribution in [3.8, 4) is 0 Å². The Labute approximate surface area is 107 Å². The fourth-order valence-electron chi connectivity index (χ4n) is 1.61. The van der Waals surface area contributed by atoms with E-state index in [1.165, 1.54) is 15.6 Å². The van der Waals surface area contributed by atoms with Crippen LogP contribution in [0, 0.1) is 0 Å². The smallest absolute Gasteiger partial charge is 0.243 e. The SMILES string of the molecule is CCCC(C)N(C)S(=O)(=O)c1csc(CN)c1. The van der Waals surface area contributed by atoms with E-state index in [1.54, 1.807) is 18.5 Å². The zero-order chi connectivity index (χ0) is 13.1. The number of rotatable bonds is 6. The van der Waals surface area contributed by atoms with Gasteiger partial charge in [0.15, 0.2) is 0 Å². The van der Waals surface area contributed by atoms with Gasteiger partial charge in [-0.05, 0) is 19.4 Å². The molecule has 0 bridgehead atoms. The van der Waals surface area contributed by atoms with Crippen molar-refractivity contribution in [2.75, 3.05) is 7.05 Å². The Morgan fingerprint density at radius 3 is 2.65 bits per heavy atom. The summed E-state index contributed by atoms with van der Waals surface area (Å²) in [6.45, 7) is 4.36. The van der Waals surface area contributed by atoms with Crippen molar-refractivity contribution in [1.29, 1.82) is 0 Å². The topological polar surface area (TPSA) is 63.4 Å². The molecule has 1 heterocycles. The van der Waals surface area contributed by atoms with Gasteiger partial charge in [-0.2, -0.15) is 4.31 Å². The summed E-state index contributed by atoms with van der Waals surface area (Å²) in [6.07, 6.45) is 1.84. The Bertz CT molecular complexity index is 454. The average Bonchev–Trinajstić information content (AvgIpc) is 2.77. The van der Waals surface area contributed by atoms with Crippen molar-refractivity contribution in [1.82, 2.24) is 4.31 Å². The summed E-state index contributed by atoms with van der Waals surface area (Å²) in [5, 5.41) is 1.66. The van der Waals surface area contributed by atoms with Gasteiger partial charge in [-0.15, -0.1) is 11.3 Å². The predicted molar refractivity (Wildman–Crippen MR) is 71.5 cm³/mol. The van der Waals surface area contributed by atoms with E-state index in [-0.39, 0.29) is 6.04 Å². The number of nitrogens with two attached hydrogens (primary N) is 1. The summed E-state index contributed by atoms with van der Waals surface area (Å²) < 4.78 is 26.0. The van der Waals surface area contributed by atoms with Crippen molar-refractivity contribution in [2.45, 2.75) is 44.2 Å². The van der Waals surface area contributed by atoms with Crippen LogP contribution in [0.4, 0.5) is 0 Å². The number of hydrogen-bond donors (Lipinski definition) is 1. The van der Waals surface area contributed by atoms with Gasteiger partial charge in [0.1, 0.15) is 0 Å². The van der Waals surface area contributed by atoms with Crippen LogP contribution in [0.3, 0.4) is 0 Å². The van der Waals surface area contributed by atoms with Gasteiger partial charge in [0, 0.05) is 29.9 Å². The third kappa shape index (κ3) is 3.28. The van der Waals surface area contributed by atoms with Crippen LogP contribution in [0.25, 0.3) is 0 Å². The minimum absolute atomic E-state index is 0.0197. The van der Waals surface area contributed by atoms with Gasteiger partial charge in [0.25, 0.3) is 0 Å². The monoisotopic (exact) mass is 276 g/mol. The third-order valence-electron chi connectivity index (χ3n) is 2.84. The predicted octanol–water partition coefficient (Wildman–Crippen LogP) is 2.02. The normalized spacial score (nSPS) is 14.2. The second-order valence-corrected chi connectivity index (χ2v) is 7.11. The van der Waals surface area contributed by atoms with Crippen LogP contribution in [-0.4, -0.2) is 25.8 Å². The molecule has 0 radical (unpaired) electrons. The number of hydrogen-bond acceptors (Lipinski definition) is 4. The van der Waals surface area contributed by atoms with Crippen LogP contribution in [0.5, 0.6) is 0 Å². The first-order valence-electron chi connectivity index (χ1n) is 5.69. The molecule has 1 rings (SSSR count). The van der Waals surface area contributed by atoms with Gasteiger partial charge in [-0.25, -0.2) is 8.42 Å². The summed E-state index contributed by atoms with van der Waals surface area (Å²) in [4.78, 5) is 1.24. The van der Waals surface area contributed by atoms with Crippen LogP contribution in [0.15, 0.2) is 16.3 Å². The molecule has 1 aromatic heterocycles. The molecule has 0 fully saturated rings. The molecule has 0 saturated carbocycles. The first-order valence-corrected chi connectivity index (χ1v) is 8.01. The molecule has 0 aromatic carbocycles. The standard InChI is InChI=1S/C11H20N2O2S2/c1-4-5-9(2)13(3)17(14,15)11-6-10(7-12)16-8-11/h6,8-9H,4-5,7,12H2,1-3H3. The van der Waals surface area contributed by atoms with Gasteiger partial charge < -0.3 is 5.73 Å². The van der Waals surface area contributed by atoms with Crippen LogP contribution in [-0.2, 0) is 16.6 Å². The zero-order valence-corrected chi connectivity index (χ0v) is 12.1. The molecular formula is C11H20N2O2S2. The Morgan fingerprint density at radius 2 is 2.18 bits per heavy atom. The molecule has 0 aliphatic heterocycles. The van der Waals surface area contributed by atoms with Crippen molar-refractivity contribution in [2.24, 2.45) is 5.73 Å². The Morgan fingerprint density at radius 1 is 1.53 bits per heavy atom. The van der Waals surface area contributed by atoms with Gasteiger partial charge in [-0.3, -0.25) is 0 Å². The quantitative estimate of drug-likeness (QED) is 0.864. The molecule has 4 nitrogen and oxygen atoms in total. The molecule has 98 valence electrons. The van der Waals surface area contributed by atoms with Crippen LogP contribution >= 0.6 is 11.3 Å². The molecule has 1 unspecified atom stereocenters. The number of thiophene rings is 1. The van der Waals surface area contributed by atoms with E-state index in [9.17, 15) is 8.42 Å². The number of nitrogens with zero attached hydrogens (tertiary/aromatic N) is 1. The highest BCUT2D eigenvalue weighted by Gasteiger charge is 2.25. The van der Waals surface area contributed by atoms with Gasteiger partial charge >= 0.3 is 0 Å². The summed E-state index contributed by atoms with van der Waals surface area (Å²) in [5.74, 6) is 0. The van der Waals surface area contributed by atoms with Gasteiger partial charge in [0.05, 0.1) is 4.90 Å². The highest BCUT2D eigenvalue weighted by atomic mass is 32.2. The van der Waals surface area contributed by atoms with Crippen molar-refractivity contribution < 1.29 is 8.42 Å². The molecule has 0 amide bonds. The third-order valence-corrected chi connectivity index (χ3v) is 5.89. The first kappa shape index (κ1) is 14.6. The lowest BCUT2D eigenvalue weighted by molar-refractivity contribution is 0.369. The van der Waals surface area contributed by atoms with E-state index < -0.39 is 10.0 Å². The van der Waals surface area contributed by atoms with Crippen LogP contribution < -0.4 is 5.73 Å². The fourth-order valence-corrected chi connectivity index (χ4v) is 4.14. The van der Waals surface area contributed by atoms with Crippen molar-refractivity contribution >= 4 is 21.4 Å². The average molecular weight is 276 g/mol. The fraction of sp³-hybridized carbons (Fsp3) is 0.636. The molecule has 17 heavy (non-hydrogen) atoms. The highest BCUT2D eigenvalue weighted by molar-refractivity contribution is 7.89. The maximum absolute atomic E-state index is 12.3. The Kier molecular flexibility index (Phi) is 5.12. The zero-order valence-electron chi connectivity index (χ0n) is 10.5. The van der Waals surface area contributed by atoms with Crippen LogP contribution in [0.1, 0.15) is 31.6 Å². The van der Waals surface area contributed by atoms with E-state index in [2.05, 4.69) is 0 Å². The number of sulfonamides is 1. The lowest BCUT2D eigenvalue weighted by Crippen LogP contribution is -2.34. The van der Waals surface area contributed by atoms with Crippen molar-refractivity contribution in [3.63, 3.8) is 0 Å². The maximum Gasteiger partial charge on any atom is 0.243 e. The molecule has 0 saturated heterocycles. The molecule has 0 aliphatic rings. The summed E-state index contributed by atoms with van der Waals surface area (Å²) in [5.41, 5.74) is 5.49. The summed E-state index contributed by atoms with van der Waals surface area (Å²) >= 11 is 1.39. The largest absolute Gasteiger partial charge is 0.326 e. The molecular weight excluding hydrogens is 256 g/mol. The highest BCUT2D eigenvalue weighted by Crippen LogP contribution is 2.23. The Hall–Kier alpha value is -0.430. The maximum atomic E-state index is 12.3. The van der Waals surface area contributed by atoms with E-state index >= 15 is 0 Å². The van der Waals surface area contributed by atoms with E-state index in [1.807, 2.05) is 13.8 Å². The second kappa shape index (κ2) is 5.95. The van der Waals surface area contributed by atoms with E-state index in [4.69, 9.17) is 5.73 Å². The summed E-state index contributed by atoms with van der Waals surface area (Å²) in [7, 11) is -1.73. The van der Waals surface area contributed by atoms with Crippen molar-refractivity contribution in [3.05, 3.63) is 16.3 Å². The molecule has 2 N–H and O–H groups in total. The van der Waals surface area contributed by atoms with Gasteiger partial charge in [-0.1, -0.05) is 13.3 Å². The second-order valence-electron chi connectivity index (χ2n) is 4.11. The summed E-state index contributed by atoms with van der Waals surface area (Å²) in [6, 6.07) is 1.68. The first-order chi connectivity index (χ1) is 7.93. The molecule has 6 heteroatoms. The lowest BCUT2D eigenvalue weighted by Gasteiger charge is -2.23. The van der Waals surface area contributed by atoms with E-state index in [0.717, 1.165) is 17.7 Å². The van der Waals surface area contributed by atoms with Crippen LogP contribution in [0.2, 0.25) is 0 Å². The molecule has 1 aromatic rings.